The number of Topliss-reactive ketones (excluding diaryl/α,β-unsaturated/α-hetero) is 1. The number of fused-ring (bicyclic) bond motifs is 1. The van der Waals surface area contributed by atoms with Gasteiger partial charge in [0.05, 0.1) is 32.5 Å². The van der Waals surface area contributed by atoms with Crippen LogP contribution in [0.25, 0.3) is 6.08 Å². The van der Waals surface area contributed by atoms with Crippen LogP contribution in [0.2, 0.25) is 0 Å². The fourth-order valence-corrected chi connectivity index (χ4v) is 4.35. The van der Waals surface area contributed by atoms with E-state index in [1.165, 1.54) is 27.1 Å². The van der Waals surface area contributed by atoms with E-state index in [-0.39, 0.29) is 17.3 Å². The molecule has 1 fully saturated rings. The van der Waals surface area contributed by atoms with E-state index in [1.54, 1.807) is 37.5 Å². The summed E-state index contributed by atoms with van der Waals surface area (Å²) in [5.41, 5.74) is 1.73. The number of carbonyl (C=O) groups excluding carboxylic acids is 1. The number of likely N-dealkylation sites (tertiary alicyclic amines) is 1. The molecule has 0 spiro atoms. The second-order valence-corrected chi connectivity index (χ2v) is 7.99. The maximum atomic E-state index is 13.1. The summed E-state index contributed by atoms with van der Waals surface area (Å²) in [5, 5.41) is 10.6. The number of ketones is 1. The number of nitrogens with zero attached hydrogens (tertiary/aromatic N) is 1. The number of phenolic OH excluding ortho intramolecular Hbond substituents is 1. The molecule has 0 aromatic heterocycles. The molecule has 2 aliphatic rings. The molecule has 2 aliphatic heterocycles. The fourth-order valence-electron chi connectivity index (χ4n) is 4.35. The van der Waals surface area contributed by atoms with E-state index >= 15 is 0 Å². The van der Waals surface area contributed by atoms with Crippen molar-refractivity contribution in [1.82, 2.24) is 4.90 Å². The predicted molar refractivity (Wildman–Crippen MR) is 121 cm³/mol. The lowest BCUT2D eigenvalue weighted by atomic mass is 10.0. The lowest BCUT2D eigenvalue weighted by Gasteiger charge is -2.21. The number of hydrogen-bond acceptors (Lipinski definition) is 7. The molecule has 0 radical (unpaired) electrons. The van der Waals surface area contributed by atoms with Gasteiger partial charge in [-0.2, -0.15) is 0 Å². The molecular weight excluding hydrogens is 410 g/mol. The number of methoxy groups -OCH3 is 3. The maximum Gasteiger partial charge on any atom is 0.231 e. The van der Waals surface area contributed by atoms with Crippen molar-refractivity contribution in [3.05, 3.63) is 46.7 Å². The van der Waals surface area contributed by atoms with Crippen LogP contribution in [0, 0.1) is 0 Å². The van der Waals surface area contributed by atoms with Crippen LogP contribution in [-0.2, 0) is 6.54 Å². The van der Waals surface area contributed by atoms with E-state index in [2.05, 4.69) is 4.90 Å². The van der Waals surface area contributed by atoms with Crippen LogP contribution in [0.3, 0.4) is 0 Å². The van der Waals surface area contributed by atoms with Gasteiger partial charge in [0, 0.05) is 12.1 Å². The van der Waals surface area contributed by atoms with Gasteiger partial charge < -0.3 is 24.1 Å². The van der Waals surface area contributed by atoms with Crippen molar-refractivity contribution < 1.29 is 28.8 Å². The molecule has 0 aliphatic carbocycles. The van der Waals surface area contributed by atoms with Crippen molar-refractivity contribution >= 4 is 11.9 Å². The summed E-state index contributed by atoms with van der Waals surface area (Å²) < 4.78 is 22.3. The Kier molecular flexibility index (Phi) is 6.55. The molecule has 2 heterocycles. The predicted octanol–water partition coefficient (Wildman–Crippen LogP) is 4.41. The van der Waals surface area contributed by atoms with E-state index < -0.39 is 0 Å². The minimum absolute atomic E-state index is 0.144. The zero-order valence-electron chi connectivity index (χ0n) is 18.8. The highest BCUT2D eigenvalue weighted by atomic mass is 16.5. The van der Waals surface area contributed by atoms with Crippen LogP contribution in [0.5, 0.6) is 28.7 Å². The first-order valence-electron chi connectivity index (χ1n) is 10.9. The molecule has 0 atom stereocenters. The van der Waals surface area contributed by atoms with Crippen LogP contribution in [-0.4, -0.2) is 50.2 Å². The van der Waals surface area contributed by atoms with Crippen molar-refractivity contribution in [3.63, 3.8) is 0 Å². The SMILES string of the molecule is COc1ccc(C=C2Oc3c(ccc(O)c3CN3CCCCCC3)C2=O)c(OC)c1OC. The highest BCUT2D eigenvalue weighted by Crippen LogP contribution is 2.43. The Balaban J connectivity index is 1.68. The molecule has 32 heavy (non-hydrogen) atoms. The lowest BCUT2D eigenvalue weighted by Crippen LogP contribution is -2.24. The Morgan fingerprint density at radius 3 is 2.34 bits per heavy atom. The Labute approximate surface area is 188 Å². The Morgan fingerprint density at radius 1 is 0.969 bits per heavy atom. The topological polar surface area (TPSA) is 77.5 Å². The molecule has 7 nitrogen and oxygen atoms in total. The lowest BCUT2D eigenvalue weighted by molar-refractivity contribution is 0.101. The highest BCUT2D eigenvalue weighted by Gasteiger charge is 2.32. The van der Waals surface area contributed by atoms with Crippen molar-refractivity contribution in [2.24, 2.45) is 0 Å². The van der Waals surface area contributed by atoms with Crippen LogP contribution in [0.4, 0.5) is 0 Å². The normalized spacial score (nSPS) is 17.6. The van der Waals surface area contributed by atoms with Crippen molar-refractivity contribution in [3.8, 4) is 28.7 Å². The average molecular weight is 440 g/mol. The van der Waals surface area contributed by atoms with Crippen LogP contribution >= 0.6 is 0 Å². The second-order valence-electron chi connectivity index (χ2n) is 7.99. The highest BCUT2D eigenvalue weighted by molar-refractivity contribution is 6.15. The van der Waals surface area contributed by atoms with E-state index in [0.717, 1.165) is 25.9 Å². The third-order valence-corrected chi connectivity index (χ3v) is 6.02. The largest absolute Gasteiger partial charge is 0.507 e. The first kappa shape index (κ1) is 22.0. The third kappa shape index (κ3) is 4.12. The maximum absolute atomic E-state index is 13.1. The molecule has 2 aromatic rings. The quantitative estimate of drug-likeness (QED) is 0.668. The molecule has 4 rings (SSSR count). The Hall–Kier alpha value is -3.19. The van der Waals surface area contributed by atoms with Gasteiger partial charge in [-0.1, -0.05) is 12.8 Å². The second kappa shape index (κ2) is 9.53. The summed E-state index contributed by atoms with van der Waals surface area (Å²) in [4.78, 5) is 15.4. The number of hydrogen-bond donors (Lipinski definition) is 1. The van der Waals surface area contributed by atoms with Gasteiger partial charge in [0.1, 0.15) is 11.5 Å². The number of rotatable bonds is 6. The minimum Gasteiger partial charge on any atom is -0.507 e. The molecule has 170 valence electrons. The summed E-state index contributed by atoms with van der Waals surface area (Å²) >= 11 is 0. The van der Waals surface area contributed by atoms with E-state index in [4.69, 9.17) is 18.9 Å². The van der Waals surface area contributed by atoms with Crippen molar-refractivity contribution in [2.75, 3.05) is 34.4 Å². The van der Waals surface area contributed by atoms with Gasteiger partial charge in [-0.15, -0.1) is 0 Å². The van der Waals surface area contributed by atoms with Crippen molar-refractivity contribution in [2.45, 2.75) is 32.2 Å². The molecule has 0 amide bonds. The van der Waals surface area contributed by atoms with Crippen LogP contribution < -0.4 is 18.9 Å². The van der Waals surface area contributed by atoms with Gasteiger partial charge in [-0.3, -0.25) is 9.69 Å². The first-order chi connectivity index (χ1) is 15.6. The minimum atomic E-state index is -0.228. The Bertz CT molecular complexity index is 1040. The van der Waals surface area contributed by atoms with Crippen LogP contribution in [0.15, 0.2) is 30.0 Å². The molecule has 0 unspecified atom stereocenters. The van der Waals surface area contributed by atoms with Gasteiger partial charge in [0.15, 0.2) is 17.3 Å². The smallest absolute Gasteiger partial charge is 0.231 e. The molecule has 0 saturated carbocycles. The van der Waals surface area contributed by atoms with Gasteiger partial charge >= 0.3 is 0 Å². The number of benzene rings is 2. The van der Waals surface area contributed by atoms with E-state index in [1.807, 2.05) is 0 Å². The number of allylic oxidation sites excluding steroid dienone is 1. The summed E-state index contributed by atoms with van der Waals surface area (Å²) in [7, 11) is 4.61. The summed E-state index contributed by atoms with van der Waals surface area (Å²) in [6.45, 7) is 2.50. The molecule has 1 saturated heterocycles. The fraction of sp³-hybridized carbons (Fsp3) is 0.400. The zero-order chi connectivity index (χ0) is 22.7. The van der Waals surface area contributed by atoms with E-state index in [9.17, 15) is 9.90 Å². The number of aromatic hydroxyl groups is 1. The number of carbonyl (C=O) groups is 1. The zero-order valence-corrected chi connectivity index (χ0v) is 18.8. The summed E-state index contributed by atoms with van der Waals surface area (Å²) in [6.07, 6.45) is 6.37. The summed E-state index contributed by atoms with van der Waals surface area (Å²) in [5.74, 6) is 1.93. The number of ether oxygens (including phenoxy) is 4. The molecular formula is C25H29NO6. The first-order valence-corrected chi connectivity index (χ1v) is 10.9. The summed E-state index contributed by atoms with van der Waals surface area (Å²) in [6, 6.07) is 6.72. The standard InChI is InChI=1S/C25H29NO6/c1-29-20-11-8-16(23(30-2)25(20)31-3)14-21-22(28)17-9-10-19(27)18(24(17)32-21)15-26-12-6-4-5-7-13-26/h8-11,14,27H,4-7,12-13,15H2,1-3H3. The third-order valence-electron chi connectivity index (χ3n) is 6.02. The molecule has 1 N–H and O–H groups in total. The molecule has 0 bridgehead atoms. The van der Waals surface area contributed by atoms with Gasteiger partial charge in [-0.05, 0) is 56.3 Å². The Morgan fingerprint density at radius 2 is 1.69 bits per heavy atom. The number of phenols is 1. The van der Waals surface area contributed by atoms with E-state index in [0.29, 0.717) is 46.2 Å². The van der Waals surface area contributed by atoms with Crippen LogP contribution in [0.1, 0.15) is 47.2 Å². The monoisotopic (exact) mass is 439 g/mol. The average Bonchev–Trinajstić information content (AvgIpc) is 2.96. The molecule has 2 aromatic carbocycles. The van der Waals surface area contributed by atoms with Gasteiger partial charge in [0.2, 0.25) is 11.5 Å². The van der Waals surface area contributed by atoms with Crippen molar-refractivity contribution in [1.29, 1.82) is 0 Å². The van der Waals surface area contributed by atoms with Gasteiger partial charge in [0.25, 0.3) is 0 Å². The van der Waals surface area contributed by atoms with Gasteiger partial charge in [-0.25, -0.2) is 0 Å². The molecule has 7 heteroatoms.